The molecule has 5 nitrogen and oxygen atoms in total. The lowest BCUT2D eigenvalue weighted by Gasteiger charge is -2.05. The first kappa shape index (κ1) is 13.3. The fraction of sp³-hybridized carbons (Fsp3) is 0.286. The van der Waals surface area contributed by atoms with Gasteiger partial charge < -0.3 is 15.5 Å². The van der Waals surface area contributed by atoms with Crippen LogP contribution in [0.15, 0.2) is 35.1 Å². The minimum Gasteiger partial charge on any atom is -0.497 e. The maximum atomic E-state index is 11.6. The third-order valence-corrected chi connectivity index (χ3v) is 2.80. The van der Waals surface area contributed by atoms with Gasteiger partial charge in [-0.2, -0.15) is 0 Å². The Balaban J connectivity index is 2.32. The van der Waals surface area contributed by atoms with Crippen molar-refractivity contribution >= 4 is 0 Å². The van der Waals surface area contributed by atoms with E-state index in [9.17, 15) is 4.79 Å². The molecule has 0 bridgehead atoms. The molecule has 1 heterocycles. The van der Waals surface area contributed by atoms with Gasteiger partial charge in [0.25, 0.3) is 5.56 Å². The van der Waals surface area contributed by atoms with Crippen molar-refractivity contribution in [2.45, 2.75) is 12.8 Å². The van der Waals surface area contributed by atoms with Gasteiger partial charge in [-0.15, -0.1) is 0 Å². The van der Waals surface area contributed by atoms with Gasteiger partial charge in [-0.05, 0) is 43.7 Å². The summed E-state index contributed by atoms with van der Waals surface area (Å²) in [5, 5.41) is 0. The second-order valence-corrected chi connectivity index (χ2v) is 4.21. The number of aromatic amines is 1. The Kier molecular flexibility index (Phi) is 4.30. The number of aryl methyl sites for hydroxylation is 1. The summed E-state index contributed by atoms with van der Waals surface area (Å²) < 4.78 is 5.10. The summed E-state index contributed by atoms with van der Waals surface area (Å²) >= 11 is 0. The number of nitrogens with two attached hydrogens (primary N) is 1. The third kappa shape index (κ3) is 3.42. The molecule has 0 saturated carbocycles. The molecule has 0 unspecified atom stereocenters. The Morgan fingerprint density at radius 1 is 1.32 bits per heavy atom. The number of hydrogen-bond acceptors (Lipinski definition) is 4. The van der Waals surface area contributed by atoms with Crippen molar-refractivity contribution in [1.82, 2.24) is 9.97 Å². The molecule has 0 atom stereocenters. The van der Waals surface area contributed by atoms with Gasteiger partial charge in [-0.25, -0.2) is 4.98 Å². The maximum absolute atomic E-state index is 11.6. The fourth-order valence-electron chi connectivity index (χ4n) is 1.80. The molecule has 0 amide bonds. The first-order chi connectivity index (χ1) is 9.22. The Bertz CT molecular complexity index is 590. The van der Waals surface area contributed by atoms with E-state index in [1.54, 1.807) is 7.11 Å². The van der Waals surface area contributed by atoms with E-state index in [4.69, 9.17) is 10.5 Å². The molecule has 0 spiro atoms. The summed E-state index contributed by atoms with van der Waals surface area (Å²) in [6, 6.07) is 8.92. The van der Waals surface area contributed by atoms with E-state index in [0.717, 1.165) is 23.4 Å². The van der Waals surface area contributed by atoms with Gasteiger partial charge in [-0.3, -0.25) is 4.79 Å². The molecule has 5 heteroatoms. The molecule has 19 heavy (non-hydrogen) atoms. The number of hydrogen-bond donors (Lipinski definition) is 2. The van der Waals surface area contributed by atoms with Crippen molar-refractivity contribution in [2.24, 2.45) is 5.73 Å². The standard InChI is InChI=1S/C14H17N3O2/c1-19-12-6-4-10(5-7-12)14-16-11(3-2-8-15)9-13(18)17-14/h4-7,9H,2-3,8,15H2,1H3,(H,16,17,18). The number of benzene rings is 1. The molecule has 0 aliphatic rings. The van der Waals surface area contributed by atoms with E-state index in [2.05, 4.69) is 9.97 Å². The van der Waals surface area contributed by atoms with Crippen LogP contribution < -0.4 is 16.0 Å². The lowest BCUT2D eigenvalue weighted by atomic mass is 10.2. The van der Waals surface area contributed by atoms with E-state index in [1.807, 2.05) is 24.3 Å². The highest BCUT2D eigenvalue weighted by Gasteiger charge is 2.04. The number of nitrogens with zero attached hydrogens (tertiary/aromatic N) is 1. The molecule has 2 rings (SSSR count). The largest absolute Gasteiger partial charge is 0.497 e. The SMILES string of the molecule is COc1ccc(-c2nc(CCCN)cc(=O)[nH]2)cc1. The Morgan fingerprint density at radius 3 is 2.68 bits per heavy atom. The van der Waals surface area contributed by atoms with Crippen molar-refractivity contribution in [2.75, 3.05) is 13.7 Å². The van der Waals surface area contributed by atoms with Crippen LogP contribution in [0.5, 0.6) is 5.75 Å². The Labute approximate surface area is 111 Å². The second kappa shape index (κ2) is 6.15. The lowest BCUT2D eigenvalue weighted by molar-refractivity contribution is 0.415. The van der Waals surface area contributed by atoms with Crippen molar-refractivity contribution in [3.05, 3.63) is 46.4 Å². The van der Waals surface area contributed by atoms with Gasteiger partial charge in [0.2, 0.25) is 0 Å². The van der Waals surface area contributed by atoms with Gasteiger partial charge in [0, 0.05) is 17.3 Å². The van der Waals surface area contributed by atoms with E-state index < -0.39 is 0 Å². The van der Waals surface area contributed by atoms with Gasteiger partial charge in [0.05, 0.1) is 7.11 Å². The number of methoxy groups -OCH3 is 1. The summed E-state index contributed by atoms with van der Waals surface area (Å²) in [5.74, 6) is 1.34. The third-order valence-electron chi connectivity index (χ3n) is 2.80. The predicted octanol–water partition coefficient (Wildman–Crippen LogP) is 1.34. The molecule has 1 aromatic carbocycles. The molecule has 0 radical (unpaired) electrons. The molecule has 0 fully saturated rings. The van der Waals surface area contributed by atoms with Gasteiger partial charge in [0.15, 0.2) is 0 Å². The predicted molar refractivity (Wildman–Crippen MR) is 74.2 cm³/mol. The van der Waals surface area contributed by atoms with Crippen molar-refractivity contribution in [1.29, 1.82) is 0 Å². The zero-order valence-electron chi connectivity index (χ0n) is 10.8. The van der Waals surface area contributed by atoms with Gasteiger partial charge in [0.1, 0.15) is 11.6 Å². The summed E-state index contributed by atoms with van der Waals surface area (Å²) in [6.07, 6.45) is 1.53. The normalized spacial score (nSPS) is 10.4. The molecule has 0 aliphatic carbocycles. The number of nitrogens with one attached hydrogen (secondary N) is 1. The monoisotopic (exact) mass is 259 g/mol. The topological polar surface area (TPSA) is 81.0 Å². The minimum absolute atomic E-state index is 0.146. The van der Waals surface area contributed by atoms with E-state index in [0.29, 0.717) is 18.8 Å². The van der Waals surface area contributed by atoms with Crippen molar-refractivity contribution in [3.63, 3.8) is 0 Å². The van der Waals surface area contributed by atoms with Crippen LogP contribution in [0.3, 0.4) is 0 Å². The summed E-state index contributed by atoms with van der Waals surface area (Å²) in [5.41, 5.74) is 6.94. The van der Waals surface area contributed by atoms with Crippen LogP contribution in [0.1, 0.15) is 12.1 Å². The highest BCUT2D eigenvalue weighted by atomic mass is 16.5. The highest BCUT2D eigenvalue weighted by molar-refractivity contribution is 5.56. The molecular formula is C14H17N3O2. The molecule has 2 aromatic rings. The Hall–Kier alpha value is -2.14. The lowest BCUT2D eigenvalue weighted by Crippen LogP contribution is -2.11. The number of aromatic nitrogens is 2. The molecule has 3 N–H and O–H groups in total. The van der Waals surface area contributed by atoms with Gasteiger partial charge in [-0.1, -0.05) is 0 Å². The van der Waals surface area contributed by atoms with Crippen LogP contribution in [-0.2, 0) is 6.42 Å². The minimum atomic E-state index is -0.146. The van der Waals surface area contributed by atoms with Crippen LogP contribution >= 0.6 is 0 Å². The highest BCUT2D eigenvalue weighted by Crippen LogP contribution is 2.18. The zero-order chi connectivity index (χ0) is 13.7. The molecule has 1 aromatic heterocycles. The van der Waals surface area contributed by atoms with Gasteiger partial charge >= 0.3 is 0 Å². The van der Waals surface area contributed by atoms with Crippen molar-refractivity contribution in [3.8, 4) is 17.1 Å². The summed E-state index contributed by atoms with van der Waals surface area (Å²) in [6.45, 7) is 0.590. The second-order valence-electron chi connectivity index (χ2n) is 4.21. The smallest absolute Gasteiger partial charge is 0.251 e. The number of rotatable bonds is 5. The van der Waals surface area contributed by atoms with Crippen molar-refractivity contribution < 1.29 is 4.74 Å². The molecular weight excluding hydrogens is 242 g/mol. The van der Waals surface area contributed by atoms with Crippen LogP contribution in [0.2, 0.25) is 0 Å². The average molecular weight is 259 g/mol. The van der Waals surface area contributed by atoms with E-state index in [1.165, 1.54) is 6.07 Å². The van der Waals surface area contributed by atoms with Crippen LogP contribution in [-0.4, -0.2) is 23.6 Å². The molecule has 0 saturated heterocycles. The molecule has 0 aliphatic heterocycles. The summed E-state index contributed by atoms with van der Waals surface area (Å²) in [7, 11) is 1.61. The average Bonchev–Trinajstić information content (AvgIpc) is 2.44. The summed E-state index contributed by atoms with van der Waals surface area (Å²) in [4.78, 5) is 18.8. The number of ether oxygens (including phenoxy) is 1. The number of H-pyrrole nitrogens is 1. The van der Waals surface area contributed by atoms with E-state index >= 15 is 0 Å². The quantitative estimate of drug-likeness (QED) is 0.849. The van der Waals surface area contributed by atoms with Crippen LogP contribution in [0.4, 0.5) is 0 Å². The van der Waals surface area contributed by atoms with E-state index in [-0.39, 0.29) is 5.56 Å². The zero-order valence-corrected chi connectivity index (χ0v) is 10.8. The first-order valence-corrected chi connectivity index (χ1v) is 6.17. The maximum Gasteiger partial charge on any atom is 0.251 e. The first-order valence-electron chi connectivity index (χ1n) is 6.17. The van der Waals surface area contributed by atoms with Crippen LogP contribution in [0.25, 0.3) is 11.4 Å². The fourth-order valence-corrected chi connectivity index (χ4v) is 1.80. The Morgan fingerprint density at radius 2 is 2.05 bits per heavy atom. The molecule has 100 valence electrons. The van der Waals surface area contributed by atoms with Crippen LogP contribution in [0, 0.1) is 0 Å².